The van der Waals surface area contributed by atoms with Gasteiger partial charge in [-0.3, -0.25) is 4.79 Å². The molecule has 2 aromatic rings. The molecular weight excluding hydrogens is 301 g/mol. The molecule has 0 saturated carbocycles. The Morgan fingerprint density at radius 3 is 2.57 bits per heavy atom. The highest BCUT2D eigenvalue weighted by Gasteiger charge is 2.19. The lowest BCUT2D eigenvalue weighted by Gasteiger charge is -2.20. The number of aryl methyl sites for hydroxylation is 1. The Balaban J connectivity index is 2.00. The molecule has 1 aromatic heterocycles. The van der Waals surface area contributed by atoms with Crippen molar-refractivity contribution in [2.45, 2.75) is 19.1 Å². The second-order valence-corrected chi connectivity index (χ2v) is 5.22. The summed E-state index contributed by atoms with van der Waals surface area (Å²) in [7, 11) is 1.58. The predicted molar refractivity (Wildman–Crippen MR) is 84.7 cm³/mol. The van der Waals surface area contributed by atoms with E-state index in [2.05, 4.69) is 10.6 Å². The molecule has 0 aliphatic heterocycles. The summed E-state index contributed by atoms with van der Waals surface area (Å²) < 4.78 is 14.2. The van der Waals surface area contributed by atoms with Gasteiger partial charge in [0.2, 0.25) is 0 Å². The molecule has 0 aliphatic carbocycles. The Bertz CT molecular complexity index is 743. The summed E-state index contributed by atoms with van der Waals surface area (Å²) in [5, 5.41) is 15.2. The minimum Gasteiger partial charge on any atom is -0.386 e. The Kier molecular flexibility index (Phi) is 5.13. The van der Waals surface area contributed by atoms with E-state index in [1.807, 2.05) is 0 Å². The van der Waals surface area contributed by atoms with Crippen LogP contribution in [0.2, 0.25) is 0 Å². The zero-order valence-corrected chi connectivity index (χ0v) is 12.8. The lowest BCUT2D eigenvalue weighted by Crippen LogP contribution is -2.40. The van der Waals surface area contributed by atoms with Crippen LogP contribution in [0.25, 0.3) is 0 Å². The van der Waals surface area contributed by atoms with Crippen LogP contribution in [0.4, 0.5) is 14.9 Å². The summed E-state index contributed by atoms with van der Waals surface area (Å²) >= 11 is 0. The van der Waals surface area contributed by atoms with Crippen LogP contribution < -0.4 is 16.2 Å². The number of hydrogen-bond acceptors (Lipinski definition) is 3. The number of nitrogens with one attached hydrogen (secondary N) is 2. The van der Waals surface area contributed by atoms with Crippen molar-refractivity contribution >= 4 is 11.7 Å². The molecule has 0 spiro atoms. The summed E-state index contributed by atoms with van der Waals surface area (Å²) in [6.45, 7) is 1.61. The first-order valence-electron chi connectivity index (χ1n) is 7.05. The molecule has 1 heterocycles. The van der Waals surface area contributed by atoms with Gasteiger partial charge in [0.1, 0.15) is 11.5 Å². The molecule has 1 aromatic carbocycles. The molecule has 23 heavy (non-hydrogen) atoms. The summed E-state index contributed by atoms with van der Waals surface area (Å²) in [5.74, 6) is -0.403. The van der Waals surface area contributed by atoms with Crippen LogP contribution in [-0.4, -0.2) is 21.7 Å². The van der Waals surface area contributed by atoms with Gasteiger partial charge in [-0.05, 0) is 36.8 Å². The maximum absolute atomic E-state index is 12.9. The zero-order valence-electron chi connectivity index (χ0n) is 12.8. The van der Waals surface area contributed by atoms with E-state index in [-0.39, 0.29) is 11.2 Å². The zero-order chi connectivity index (χ0) is 17.0. The fourth-order valence-corrected chi connectivity index (χ4v) is 2.09. The summed E-state index contributed by atoms with van der Waals surface area (Å²) in [5.41, 5.74) is 0.278. The fourth-order valence-electron chi connectivity index (χ4n) is 2.09. The van der Waals surface area contributed by atoms with Gasteiger partial charge in [0.05, 0.1) is 12.1 Å². The molecule has 2 unspecified atom stereocenters. The minimum atomic E-state index is -1.00. The van der Waals surface area contributed by atoms with Crippen LogP contribution >= 0.6 is 0 Å². The minimum absolute atomic E-state index is 0.135. The monoisotopic (exact) mass is 319 g/mol. The van der Waals surface area contributed by atoms with Crippen molar-refractivity contribution in [3.05, 3.63) is 64.3 Å². The van der Waals surface area contributed by atoms with E-state index >= 15 is 0 Å². The summed E-state index contributed by atoms with van der Waals surface area (Å²) in [6, 6.07) is 7.25. The van der Waals surface area contributed by atoms with Gasteiger partial charge in [-0.25, -0.2) is 9.18 Å². The van der Waals surface area contributed by atoms with Gasteiger partial charge in [-0.1, -0.05) is 12.1 Å². The third-order valence-electron chi connectivity index (χ3n) is 3.42. The molecule has 0 fully saturated rings. The number of hydrogen-bond donors (Lipinski definition) is 3. The number of aromatic nitrogens is 1. The van der Waals surface area contributed by atoms with Gasteiger partial charge in [-0.15, -0.1) is 0 Å². The number of carbonyl (C=O) groups excluding carboxylic acids is 1. The number of amides is 2. The number of nitrogens with zero attached hydrogens (tertiary/aromatic N) is 1. The van der Waals surface area contributed by atoms with Gasteiger partial charge in [0.25, 0.3) is 5.56 Å². The van der Waals surface area contributed by atoms with Crippen molar-refractivity contribution in [3.8, 4) is 0 Å². The highest BCUT2D eigenvalue weighted by molar-refractivity contribution is 5.89. The molecule has 122 valence electrons. The average Bonchev–Trinajstić information content (AvgIpc) is 2.52. The fraction of sp³-hybridized carbons (Fsp3) is 0.250. The first-order valence-corrected chi connectivity index (χ1v) is 7.05. The number of pyridine rings is 1. The molecule has 0 bridgehead atoms. The van der Waals surface area contributed by atoms with Crippen LogP contribution in [0.1, 0.15) is 18.6 Å². The molecule has 6 nitrogen and oxygen atoms in total. The van der Waals surface area contributed by atoms with Crippen molar-refractivity contribution in [1.82, 2.24) is 9.88 Å². The number of halogens is 1. The maximum Gasteiger partial charge on any atom is 0.319 e. The normalized spacial score (nSPS) is 13.2. The van der Waals surface area contributed by atoms with Crippen molar-refractivity contribution in [1.29, 1.82) is 0 Å². The van der Waals surface area contributed by atoms with E-state index in [9.17, 15) is 19.1 Å². The van der Waals surface area contributed by atoms with Gasteiger partial charge in [0, 0.05) is 13.2 Å². The van der Waals surface area contributed by atoms with Gasteiger partial charge in [-0.2, -0.15) is 0 Å². The lowest BCUT2D eigenvalue weighted by atomic mass is 10.0. The van der Waals surface area contributed by atoms with E-state index in [0.29, 0.717) is 5.56 Å². The molecule has 3 N–H and O–H groups in total. The smallest absolute Gasteiger partial charge is 0.319 e. The lowest BCUT2D eigenvalue weighted by molar-refractivity contribution is 0.139. The highest BCUT2D eigenvalue weighted by atomic mass is 19.1. The standard InChI is InChI=1S/C16H18FN3O3/c1-10(14(21)11-5-7-12(17)8-6-11)18-16(23)19-13-4-3-9-20(2)15(13)22/h3-10,14,21H,1-2H3,(H2,18,19,23). The first-order chi connectivity index (χ1) is 10.9. The number of aliphatic hydroxyl groups is 1. The number of rotatable bonds is 4. The number of anilines is 1. The van der Waals surface area contributed by atoms with E-state index in [1.54, 1.807) is 26.2 Å². The predicted octanol–water partition coefficient (Wildman–Crippen LogP) is 1.77. The average molecular weight is 319 g/mol. The highest BCUT2D eigenvalue weighted by Crippen LogP contribution is 2.17. The first kappa shape index (κ1) is 16.7. The van der Waals surface area contributed by atoms with Crippen molar-refractivity contribution < 1.29 is 14.3 Å². The molecule has 0 aliphatic rings. The third kappa shape index (κ3) is 4.17. The van der Waals surface area contributed by atoms with Crippen molar-refractivity contribution in [2.75, 3.05) is 5.32 Å². The number of benzene rings is 1. The van der Waals surface area contributed by atoms with E-state index in [1.165, 1.54) is 34.9 Å². The SMILES string of the molecule is CC(NC(=O)Nc1cccn(C)c1=O)C(O)c1ccc(F)cc1. The second-order valence-electron chi connectivity index (χ2n) is 5.22. The van der Waals surface area contributed by atoms with Crippen molar-refractivity contribution in [3.63, 3.8) is 0 Å². The quantitative estimate of drug-likeness (QED) is 0.803. The van der Waals surface area contributed by atoms with E-state index < -0.39 is 24.0 Å². The van der Waals surface area contributed by atoms with Gasteiger partial charge in [0.15, 0.2) is 0 Å². The molecular formula is C16H18FN3O3. The van der Waals surface area contributed by atoms with Crippen molar-refractivity contribution in [2.24, 2.45) is 7.05 Å². The van der Waals surface area contributed by atoms with Crippen LogP contribution in [0.5, 0.6) is 0 Å². The maximum atomic E-state index is 12.9. The molecule has 2 atom stereocenters. The van der Waals surface area contributed by atoms with Crippen LogP contribution in [0.15, 0.2) is 47.4 Å². The summed E-state index contributed by atoms with van der Waals surface area (Å²) in [6.07, 6.45) is 0.576. The third-order valence-corrected chi connectivity index (χ3v) is 3.42. The number of carbonyl (C=O) groups is 1. The Labute approximate surface area is 132 Å². The van der Waals surface area contributed by atoms with Crippen LogP contribution in [-0.2, 0) is 7.05 Å². The van der Waals surface area contributed by atoms with E-state index in [0.717, 1.165) is 0 Å². The van der Waals surface area contributed by atoms with Gasteiger partial charge < -0.3 is 20.3 Å². The summed E-state index contributed by atoms with van der Waals surface area (Å²) in [4.78, 5) is 23.7. The van der Waals surface area contributed by atoms with E-state index in [4.69, 9.17) is 0 Å². The molecule has 0 radical (unpaired) electrons. The largest absolute Gasteiger partial charge is 0.386 e. The Morgan fingerprint density at radius 2 is 1.91 bits per heavy atom. The van der Waals surface area contributed by atoms with Crippen LogP contribution in [0, 0.1) is 5.82 Å². The van der Waals surface area contributed by atoms with Crippen LogP contribution in [0.3, 0.4) is 0 Å². The molecule has 2 rings (SSSR count). The molecule has 0 saturated heterocycles. The Morgan fingerprint density at radius 1 is 1.26 bits per heavy atom. The number of urea groups is 1. The van der Waals surface area contributed by atoms with Gasteiger partial charge >= 0.3 is 6.03 Å². The molecule has 2 amide bonds. The number of aliphatic hydroxyl groups excluding tert-OH is 1. The Hall–Kier alpha value is -2.67. The topological polar surface area (TPSA) is 83.4 Å². The second kappa shape index (κ2) is 7.06. The molecule has 7 heteroatoms.